The van der Waals surface area contributed by atoms with Gasteiger partial charge in [-0.15, -0.1) is 0 Å². The topological polar surface area (TPSA) is 95.2 Å². The van der Waals surface area contributed by atoms with E-state index in [4.69, 9.17) is 0 Å². The lowest BCUT2D eigenvalue weighted by molar-refractivity contribution is 0.597. The Labute approximate surface area is 158 Å². The number of aromatic nitrogens is 1. The standard InChI is InChI=1S/C20H18N4O2S/c1-3-27(25,26)14-6-4-5-13(8-14)16-11-22-17(9-21)19-18(16)15-7-12(2)10-23-20(15)24-19/h4-8,10-11,18-19H,3H2,1-2H3,(H,23,24). The van der Waals surface area contributed by atoms with Gasteiger partial charge in [0.1, 0.15) is 17.6 Å². The van der Waals surface area contributed by atoms with Gasteiger partial charge < -0.3 is 5.32 Å². The van der Waals surface area contributed by atoms with Gasteiger partial charge in [-0.1, -0.05) is 25.1 Å². The van der Waals surface area contributed by atoms with Gasteiger partial charge in [-0.25, -0.2) is 18.4 Å². The predicted octanol–water partition coefficient (Wildman–Crippen LogP) is 3.08. The summed E-state index contributed by atoms with van der Waals surface area (Å²) in [7, 11) is -3.31. The van der Waals surface area contributed by atoms with Gasteiger partial charge >= 0.3 is 0 Å². The van der Waals surface area contributed by atoms with E-state index in [0.717, 1.165) is 28.1 Å². The van der Waals surface area contributed by atoms with Crippen molar-refractivity contribution in [3.63, 3.8) is 0 Å². The quantitative estimate of drug-likeness (QED) is 0.885. The van der Waals surface area contributed by atoms with Crippen LogP contribution in [-0.2, 0) is 9.84 Å². The maximum absolute atomic E-state index is 12.3. The van der Waals surface area contributed by atoms with Crippen molar-refractivity contribution in [2.45, 2.75) is 30.7 Å². The van der Waals surface area contributed by atoms with Gasteiger partial charge in [0.15, 0.2) is 9.84 Å². The summed E-state index contributed by atoms with van der Waals surface area (Å²) < 4.78 is 24.6. The molecule has 27 heavy (non-hydrogen) atoms. The number of nitriles is 1. The summed E-state index contributed by atoms with van der Waals surface area (Å²) in [6.07, 6.45) is 3.46. The second-order valence-corrected chi connectivity index (χ2v) is 8.97. The van der Waals surface area contributed by atoms with Gasteiger partial charge in [-0.3, -0.25) is 0 Å². The van der Waals surface area contributed by atoms with Crippen LogP contribution in [0.1, 0.15) is 29.5 Å². The summed E-state index contributed by atoms with van der Waals surface area (Å²) in [5, 5.41) is 12.8. The number of anilines is 1. The van der Waals surface area contributed by atoms with Crippen LogP contribution in [0.3, 0.4) is 0 Å². The lowest BCUT2D eigenvalue weighted by Gasteiger charge is -2.25. The Hall–Kier alpha value is -2.98. The summed E-state index contributed by atoms with van der Waals surface area (Å²) in [6, 6.07) is 10.8. The van der Waals surface area contributed by atoms with E-state index in [2.05, 4.69) is 27.4 Å². The summed E-state index contributed by atoms with van der Waals surface area (Å²) in [5.74, 6) is 0.647. The fourth-order valence-electron chi connectivity index (χ4n) is 3.62. The Kier molecular flexibility index (Phi) is 4.08. The number of sulfone groups is 1. The van der Waals surface area contributed by atoms with Gasteiger partial charge in [0.05, 0.1) is 16.7 Å². The molecule has 2 atom stereocenters. The number of benzene rings is 1. The zero-order valence-electron chi connectivity index (χ0n) is 15.0. The maximum Gasteiger partial charge on any atom is 0.178 e. The second-order valence-electron chi connectivity index (χ2n) is 6.69. The molecule has 1 aromatic heterocycles. The largest absolute Gasteiger partial charge is 0.360 e. The zero-order chi connectivity index (χ0) is 19.2. The first-order chi connectivity index (χ1) is 12.9. The smallest absolute Gasteiger partial charge is 0.178 e. The lowest BCUT2D eigenvalue weighted by Crippen LogP contribution is -2.32. The first kappa shape index (κ1) is 17.4. The third-order valence-electron chi connectivity index (χ3n) is 5.01. The van der Waals surface area contributed by atoms with Gasteiger partial charge in [0, 0.05) is 23.9 Å². The number of fused-ring (bicyclic) bond motifs is 3. The van der Waals surface area contributed by atoms with Crippen LogP contribution in [0, 0.1) is 18.3 Å². The highest BCUT2D eigenvalue weighted by molar-refractivity contribution is 7.91. The third-order valence-corrected chi connectivity index (χ3v) is 6.74. The van der Waals surface area contributed by atoms with Crippen molar-refractivity contribution in [3.05, 3.63) is 59.4 Å². The van der Waals surface area contributed by atoms with Crippen LogP contribution < -0.4 is 5.32 Å². The van der Waals surface area contributed by atoms with Gasteiger partial charge in [-0.05, 0) is 35.8 Å². The number of aryl methyl sites for hydroxylation is 1. The van der Waals surface area contributed by atoms with E-state index in [1.54, 1.807) is 37.5 Å². The molecular formula is C20H18N4O2S. The van der Waals surface area contributed by atoms with Crippen LogP contribution in [0.4, 0.5) is 5.82 Å². The molecule has 4 rings (SSSR count). The van der Waals surface area contributed by atoms with Crippen molar-refractivity contribution in [2.75, 3.05) is 11.1 Å². The van der Waals surface area contributed by atoms with E-state index >= 15 is 0 Å². The molecule has 6 nitrogen and oxygen atoms in total. The molecule has 2 aliphatic rings. The van der Waals surface area contributed by atoms with Crippen LogP contribution in [0.5, 0.6) is 0 Å². The molecule has 7 heteroatoms. The number of pyridine rings is 1. The number of rotatable bonds is 3. The molecule has 136 valence electrons. The molecule has 0 saturated heterocycles. The minimum absolute atomic E-state index is 0.0474. The van der Waals surface area contributed by atoms with Crippen LogP contribution in [0.2, 0.25) is 0 Å². The van der Waals surface area contributed by atoms with E-state index in [-0.39, 0.29) is 17.7 Å². The second kappa shape index (κ2) is 6.32. The van der Waals surface area contributed by atoms with Gasteiger partial charge in [0.2, 0.25) is 0 Å². The Morgan fingerprint density at radius 2 is 2.11 bits per heavy atom. The van der Waals surface area contributed by atoms with Gasteiger partial charge in [-0.2, -0.15) is 5.26 Å². The molecular weight excluding hydrogens is 360 g/mol. The summed E-state index contributed by atoms with van der Waals surface area (Å²) in [4.78, 5) is 9.07. The first-order valence-corrected chi connectivity index (χ1v) is 10.3. The molecule has 0 spiro atoms. The Morgan fingerprint density at radius 3 is 2.85 bits per heavy atom. The highest BCUT2D eigenvalue weighted by atomic mass is 32.2. The molecule has 1 N–H and O–H groups in total. The molecule has 0 bridgehead atoms. The number of hydrogen-bond acceptors (Lipinski definition) is 6. The van der Waals surface area contributed by atoms with E-state index in [1.807, 2.05) is 13.0 Å². The molecule has 2 aliphatic heterocycles. The Balaban J connectivity index is 1.88. The Bertz CT molecular complexity index is 1140. The SMILES string of the molecule is CCS(=O)(=O)c1cccc(C2=CN=C(C#N)C3Nc4ncc(C)cc4C23)c1. The Morgan fingerprint density at radius 1 is 1.30 bits per heavy atom. The van der Waals surface area contributed by atoms with Crippen LogP contribution in [0.25, 0.3) is 5.57 Å². The molecule has 2 aromatic rings. The molecule has 1 aromatic carbocycles. The monoisotopic (exact) mass is 378 g/mol. The highest BCUT2D eigenvalue weighted by Crippen LogP contribution is 2.46. The number of nitrogens with zero attached hydrogens (tertiary/aromatic N) is 3. The summed E-state index contributed by atoms with van der Waals surface area (Å²) >= 11 is 0. The van der Waals surface area contributed by atoms with Crippen LogP contribution in [0.15, 0.2) is 52.6 Å². The molecule has 2 unspecified atom stereocenters. The molecule has 0 amide bonds. The van der Waals surface area contributed by atoms with Crippen molar-refractivity contribution in [2.24, 2.45) is 4.99 Å². The van der Waals surface area contributed by atoms with Crippen molar-refractivity contribution < 1.29 is 8.42 Å². The van der Waals surface area contributed by atoms with E-state index in [0.29, 0.717) is 10.6 Å². The van der Waals surface area contributed by atoms with Crippen molar-refractivity contribution >= 4 is 26.9 Å². The molecule has 0 radical (unpaired) electrons. The normalized spacial score (nSPS) is 20.6. The zero-order valence-corrected chi connectivity index (χ0v) is 15.8. The lowest BCUT2D eigenvalue weighted by atomic mass is 9.81. The third kappa shape index (κ3) is 2.82. The van der Waals surface area contributed by atoms with Crippen molar-refractivity contribution in [1.29, 1.82) is 5.26 Å². The first-order valence-electron chi connectivity index (χ1n) is 8.68. The summed E-state index contributed by atoms with van der Waals surface area (Å²) in [6.45, 7) is 3.60. The van der Waals surface area contributed by atoms with Crippen LogP contribution in [-0.4, -0.2) is 30.9 Å². The minimum Gasteiger partial charge on any atom is -0.360 e. The predicted molar refractivity (Wildman–Crippen MR) is 104 cm³/mol. The molecule has 0 aliphatic carbocycles. The van der Waals surface area contributed by atoms with Crippen molar-refractivity contribution in [1.82, 2.24) is 4.98 Å². The number of hydrogen-bond donors (Lipinski definition) is 1. The average Bonchev–Trinajstić information content (AvgIpc) is 3.06. The fraction of sp³-hybridized carbons (Fsp3) is 0.250. The molecule has 0 saturated carbocycles. The average molecular weight is 378 g/mol. The fourth-order valence-corrected chi connectivity index (χ4v) is 4.55. The van der Waals surface area contributed by atoms with E-state index in [9.17, 15) is 13.7 Å². The van der Waals surface area contributed by atoms with E-state index < -0.39 is 9.84 Å². The van der Waals surface area contributed by atoms with Crippen LogP contribution >= 0.6 is 0 Å². The molecule has 3 heterocycles. The summed E-state index contributed by atoms with van der Waals surface area (Å²) in [5.41, 5.74) is 4.09. The number of nitrogens with one attached hydrogen (secondary N) is 1. The van der Waals surface area contributed by atoms with E-state index in [1.165, 1.54) is 0 Å². The minimum atomic E-state index is -3.31. The highest BCUT2D eigenvalue weighted by Gasteiger charge is 2.41. The number of aliphatic imine (C=N–C) groups is 1. The van der Waals surface area contributed by atoms with Crippen molar-refractivity contribution in [3.8, 4) is 6.07 Å². The van der Waals surface area contributed by atoms with Gasteiger partial charge in [0.25, 0.3) is 0 Å². The maximum atomic E-state index is 12.3. The molecule has 0 fully saturated rings.